The third kappa shape index (κ3) is 1.90. The SMILES string of the molecule is CCOC(OCC)C(=O)N1C(=S)O[C@@H]2C[C@H]3CC[C@@]21C3(C)C. The molecule has 2 aliphatic carbocycles. The zero-order valence-corrected chi connectivity index (χ0v) is 14.6. The van der Waals surface area contributed by atoms with Crippen LogP contribution in [0.25, 0.3) is 0 Å². The molecule has 0 N–H and O–H groups in total. The summed E-state index contributed by atoms with van der Waals surface area (Å²) in [5.74, 6) is 0.361. The molecule has 3 aliphatic rings. The predicted octanol–water partition coefficient (Wildman–Crippen LogP) is 2.48. The van der Waals surface area contributed by atoms with Gasteiger partial charge in [-0.3, -0.25) is 9.69 Å². The Morgan fingerprint density at radius 1 is 1.41 bits per heavy atom. The second kappa shape index (κ2) is 5.42. The summed E-state index contributed by atoms with van der Waals surface area (Å²) < 4.78 is 16.9. The average molecular weight is 327 g/mol. The van der Waals surface area contributed by atoms with Crippen molar-refractivity contribution in [2.45, 2.75) is 64.9 Å². The van der Waals surface area contributed by atoms with Gasteiger partial charge in [-0.2, -0.15) is 0 Å². The largest absolute Gasteiger partial charge is 0.465 e. The quantitative estimate of drug-likeness (QED) is 0.573. The zero-order valence-electron chi connectivity index (χ0n) is 13.8. The Bertz CT molecular complexity index is 489. The maximum atomic E-state index is 13.1. The summed E-state index contributed by atoms with van der Waals surface area (Å²) >= 11 is 5.39. The van der Waals surface area contributed by atoms with Crippen molar-refractivity contribution in [1.82, 2.24) is 4.90 Å². The van der Waals surface area contributed by atoms with E-state index in [1.165, 1.54) is 0 Å². The van der Waals surface area contributed by atoms with Gasteiger partial charge in [-0.15, -0.1) is 0 Å². The zero-order chi connectivity index (χ0) is 16.1. The molecular weight excluding hydrogens is 302 g/mol. The number of hydrogen-bond acceptors (Lipinski definition) is 5. The number of amides is 1. The van der Waals surface area contributed by atoms with Crippen LogP contribution in [-0.2, 0) is 19.0 Å². The first-order valence-corrected chi connectivity index (χ1v) is 8.58. The summed E-state index contributed by atoms with van der Waals surface area (Å²) in [4.78, 5) is 14.7. The van der Waals surface area contributed by atoms with Gasteiger partial charge in [0, 0.05) is 13.2 Å². The molecule has 0 aromatic heterocycles. The molecular formula is C16H25NO4S. The molecule has 3 rings (SSSR count). The monoisotopic (exact) mass is 327 g/mol. The Hall–Kier alpha value is -0.720. The van der Waals surface area contributed by atoms with E-state index in [4.69, 9.17) is 26.4 Å². The molecule has 3 fully saturated rings. The smallest absolute Gasteiger partial charge is 0.287 e. The maximum absolute atomic E-state index is 13.1. The van der Waals surface area contributed by atoms with Crippen molar-refractivity contribution in [3.8, 4) is 0 Å². The van der Waals surface area contributed by atoms with Crippen molar-refractivity contribution >= 4 is 23.3 Å². The number of carbonyl (C=O) groups is 1. The normalized spacial score (nSPS) is 35.1. The van der Waals surface area contributed by atoms with Gasteiger partial charge in [0.2, 0.25) is 6.29 Å². The molecule has 1 spiro atoms. The Morgan fingerprint density at radius 3 is 2.59 bits per heavy atom. The highest BCUT2D eigenvalue weighted by Crippen LogP contribution is 2.65. The van der Waals surface area contributed by atoms with Crippen LogP contribution in [0.5, 0.6) is 0 Å². The Kier molecular flexibility index (Phi) is 3.98. The van der Waals surface area contributed by atoms with E-state index in [9.17, 15) is 4.79 Å². The number of thiocarbonyl (C=S) groups is 1. The number of fused-ring (bicyclic) bond motifs is 1. The summed E-state index contributed by atoms with van der Waals surface area (Å²) in [5.41, 5.74) is -0.338. The van der Waals surface area contributed by atoms with E-state index in [0.29, 0.717) is 19.1 Å². The molecule has 5 nitrogen and oxygen atoms in total. The van der Waals surface area contributed by atoms with Crippen LogP contribution in [0.4, 0.5) is 0 Å². The fourth-order valence-corrected chi connectivity index (χ4v) is 5.15. The minimum atomic E-state index is -0.903. The highest BCUT2D eigenvalue weighted by Gasteiger charge is 2.73. The van der Waals surface area contributed by atoms with E-state index in [1.54, 1.807) is 4.90 Å². The number of hydrogen-bond donors (Lipinski definition) is 0. The molecule has 2 saturated carbocycles. The fourth-order valence-electron chi connectivity index (χ4n) is 4.78. The van der Waals surface area contributed by atoms with Crippen molar-refractivity contribution in [2.75, 3.05) is 13.2 Å². The molecule has 6 heteroatoms. The van der Waals surface area contributed by atoms with Crippen molar-refractivity contribution in [3.63, 3.8) is 0 Å². The summed E-state index contributed by atoms with van der Waals surface area (Å²) in [7, 11) is 0. The van der Waals surface area contributed by atoms with E-state index >= 15 is 0 Å². The van der Waals surface area contributed by atoms with E-state index in [0.717, 1.165) is 19.3 Å². The Balaban J connectivity index is 1.95. The molecule has 0 unspecified atom stereocenters. The van der Waals surface area contributed by atoms with E-state index in [2.05, 4.69) is 13.8 Å². The lowest BCUT2D eigenvalue weighted by atomic mass is 9.74. The molecule has 0 radical (unpaired) electrons. The van der Waals surface area contributed by atoms with E-state index < -0.39 is 6.29 Å². The summed E-state index contributed by atoms with van der Waals surface area (Å²) in [5, 5.41) is 0.285. The Morgan fingerprint density at radius 2 is 2.05 bits per heavy atom. The summed E-state index contributed by atoms with van der Waals surface area (Å²) in [6.45, 7) is 9.01. The van der Waals surface area contributed by atoms with E-state index in [-0.39, 0.29) is 28.1 Å². The predicted molar refractivity (Wildman–Crippen MR) is 85.2 cm³/mol. The molecule has 3 atom stereocenters. The van der Waals surface area contributed by atoms with Crippen LogP contribution in [0, 0.1) is 11.3 Å². The van der Waals surface area contributed by atoms with Crippen LogP contribution in [-0.4, -0.2) is 47.1 Å². The second-order valence-corrected chi connectivity index (χ2v) is 7.26. The topological polar surface area (TPSA) is 48.0 Å². The van der Waals surface area contributed by atoms with Gasteiger partial charge in [-0.05, 0) is 56.7 Å². The lowest BCUT2D eigenvalue weighted by Crippen LogP contribution is -2.60. The fraction of sp³-hybridized carbons (Fsp3) is 0.875. The first-order chi connectivity index (χ1) is 10.4. The van der Waals surface area contributed by atoms with Crippen molar-refractivity contribution in [3.05, 3.63) is 0 Å². The third-order valence-electron chi connectivity index (χ3n) is 5.92. The van der Waals surface area contributed by atoms with Gasteiger partial charge in [0.25, 0.3) is 11.1 Å². The first-order valence-electron chi connectivity index (χ1n) is 8.18. The summed E-state index contributed by atoms with van der Waals surface area (Å²) in [6.07, 6.45) is 2.14. The van der Waals surface area contributed by atoms with Crippen molar-refractivity contribution < 1.29 is 19.0 Å². The highest BCUT2D eigenvalue weighted by molar-refractivity contribution is 7.80. The molecule has 0 aromatic carbocycles. The number of nitrogens with zero attached hydrogens (tertiary/aromatic N) is 1. The summed E-state index contributed by atoms with van der Waals surface area (Å²) in [6, 6.07) is 0. The Labute approximate surface area is 137 Å². The van der Waals surface area contributed by atoms with E-state index in [1.807, 2.05) is 13.8 Å². The molecule has 124 valence electrons. The van der Waals surface area contributed by atoms with Gasteiger partial charge >= 0.3 is 0 Å². The molecule has 1 heterocycles. The van der Waals surface area contributed by atoms with Crippen molar-refractivity contribution in [2.24, 2.45) is 11.3 Å². The number of rotatable bonds is 5. The molecule has 1 amide bonds. The third-order valence-corrected chi connectivity index (χ3v) is 6.20. The minimum Gasteiger partial charge on any atom is -0.465 e. The van der Waals surface area contributed by atoms with Crippen LogP contribution >= 0.6 is 12.2 Å². The molecule has 1 saturated heterocycles. The highest BCUT2D eigenvalue weighted by atomic mass is 32.1. The molecule has 0 aromatic rings. The van der Waals surface area contributed by atoms with Crippen LogP contribution in [0.3, 0.4) is 0 Å². The lowest BCUT2D eigenvalue weighted by molar-refractivity contribution is -0.182. The van der Waals surface area contributed by atoms with Gasteiger partial charge in [-0.25, -0.2) is 0 Å². The molecule has 2 bridgehead atoms. The van der Waals surface area contributed by atoms with Gasteiger partial charge in [0.1, 0.15) is 6.10 Å². The lowest BCUT2D eigenvalue weighted by Gasteiger charge is -2.42. The van der Waals surface area contributed by atoms with Gasteiger partial charge in [0.15, 0.2) is 0 Å². The first kappa shape index (κ1) is 16.1. The second-order valence-electron chi connectivity index (χ2n) is 6.91. The van der Waals surface area contributed by atoms with Crippen LogP contribution < -0.4 is 0 Å². The van der Waals surface area contributed by atoms with Gasteiger partial charge in [0.05, 0.1) is 5.54 Å². The van der Waals surface area contributed by atoms with Crippen LogP contribution in [0.1, 0.15) is 47.0 Å². The van der Waals surface area contributed by atoms with Gasteiger partial charge < -0.3 is 14.2 Å². The van der Waals surface area contributed by atoms with Gasteiger partial charge in [-0.1, -0.05) is 13.8 Å². The maximum Gasteiger partial charge on any atom is 0.287 e. The van der Waals surface area contributed by atoms with Crippen molar-refractivity contribution in [1.29, 1.82) is 0 Å². The molecule has 22 heavy (non-hydrogen) atoms. The van der Waals surface area contributed by atoms with Crippen LogP contribution in [0.15, 0.2) is 0 Å². The number of carbonyl (C=O) groups excluding carboxylic acids is 1. The minimum absolute atomic E-state index is 0.00311. The van der Waals surface area contributed by atoms with Crippen LogP contribution in [0.2, 0.25) is 0 Å². The average Bonchev–Trinajstić information content (AvgIpc) is 2.98. The molecule has 1 aliphatic heterocycles. The standard InChI is InChI=1S/C16H25NO4S/c1-5-19-13(20-6-2)12(18)17-14(22)21-11-9-10-7-8-16(11,17)15(10,3)4/h10-11,13H,5-9H2,1-4H3/t10-,11-,16+/m1/s1. The number of ether oxygens (including phenoxy) is 3.